The first-order chi connectivity index (χ1) is 7.70. The van der Waals surface area contributed by atoms with Crippen molar-refractivity contribution in [3.8, 4) is 5.75 Å². The second-order valence-electron chi connectivity index (χ2n) is 3.54. The molecule has 0 fully saturated rings. The van der Waals surface area contributed by atoms with Crippen LogP contribution in [0.2, 0.25) is 0 Å². The van der Waals surface area contributed by atoms with Crippen molar-refractivity contribution in [1.82, 2.24) is 0 Å². The van der Waals surface area contributed by atoms with Gasteiger partial charge < -0.3 is 10.8 Å². The van der Waals surface area contributed by atoms with Crippen LogP contribution >= 0.6 is 15.9 Å². The molecule has 16 heavy (non-hydrogen) atoms. The molecule has 0 heterocycles. The second kappa shape index (κ2) is 4.68. The van der Waals surface area contributed by atoms with Gasteiger partial charge >= 0.3 is 0 Å². The molecule has 0 aliphatic carbocycles. The first-order valence-electron chi connectivity index (χ1n) is 4.99. The zero-order valence-electron chi connectivity index (χ0n) is 8.65. The van der Waals surface area contributed by atoms with E-state index in [-0.39, 0.29) is 5.75 Å². The number of hydrogen-bond donors (Lipinski definition) is 2. The molecule has 0 aliphatic rings. The summed E-state index contributed by atoms with van der Waals surface area (Å²) in [5.74, 6) is 0.277. The van der Waals surface area contributed by atoms with E-state index in [1.807, 2.05) is 36.4 Å². The van der Waals surface area contributed by atoms with Crippen molar-refractivity contribution < 1.29 is 5.11 Å². The fraction of sp³-hybridized carbons (Fsp3) is 0.0769. The Bertz CT molecular complexity index is 549. The number of nitrogens with two attached hydrogens (primary N) is 1. The van der Waals surface area contributed by atoms with Crippen LogP contribution in [0.15, 0.2) is 40.9 Å². The molecule has 0 atom stereocenters. The lowest BCUT2D eigenvalue weighted by Crippen LogP contribution is -1.92. The first kappa shape index (κ1) is 11.2. The van der Waals surface area contributed by atoms with Gasteiger partial charge in [-0.2, -0.15) is 0 Å². The van der Waals surface area contributed by atoms with E-state index < -0.39 is 0 Å². The third-order valence-corrected chi connectivity index (χ3v) is 2.87. The van der Waals surface area contributed by atoms with Crippen LogP contribution in [0.1, 0.15) is 5.56 Å². The highest BCUT2D eigenvalue weighted by Gasteiger charge is 2.01. The van der Waals surface area contributed by atoms with Crippen molar-refractivity contribution in [2.24, 2.45) is 5.73 Å². The minimum absolute atomic E-state index is 0.277. The maximum absolute atomic E-state index is 9.80. The Morgan fingerprint density at radius 3 is 2.75 bits per heavy atom. The quantitative estimate of drug-likeness (QED) is 0.885. The summed E-state index contributed by atoms with van der Waals surface area (Å²) in [6.45, 7) is 0.468. The fourth-order valence-corrected chi connectivity index (χ4v) is 1.98. The number of fused-ring (bicyclic) bond motifs is 1. The molecule has 0 amide bonds. The van der Waals surface area contributed by atoms with Crippen LogP contribution in [0.4, 0.5) is 0 Å². The maximum Gasteiger partial charge on any atom is 0.123 e. The van der Waals surface area contributed by atoms with Crippen molar-refractivity contribution >= 4 is 32.8 Å². The zero-order chi connectivity index (χ0) is 11.5. The van der Waals surface area contributed by atoms with Crippen molar-refractivity contribution in [3.63, 3.8) is 0 Å². The Morgan fingerprint density at radius 2 is 2.00 bits per heavy atom. The standard InChI is InChI=1S/C13H12BrNO/c14-12-4-3-9-8-13(16)10(2-1-5-15)6-11(9)7-12/h1-4,6-8,16H,5,15H2/b2-1+. The normalized spacial score (nSPS) is 11.4. The van der Waals surface area contributed by atoms with E-state index in [1.54, 1.807) is 6.07 Å². The molecular formula is C13H12BrNO. The van der Waals surface area contributed by atoms with Gasteiger partial charge in [-0.25, -0.2) is 0 Å². The minimum Gasteiger partial charge on any atom is -0.507 e. The molecule has 0 bridgehead atoms. The summed E-state index contributed by atoms with van der Waals surface area (Å²) in [4.78, 5) is 0. The summed E-state index contributed by atoms with van der Waals surface area (Å²) in [5, 5.41) is 11.9. The largest absolute Gasteiger partial charge is 0.507 e. The summed E-state index contributed by atoms with van der Waals surface area (Å²) in [6.07, 6.45) is 3.65. The molecule has 2 nitrogen and oxygen atoms in total. The lowest BCUT2D eigenvalue weighted by molar-refractivity contribution is 0.475. The van der Waals surface area contributed by atoms with E-state index in [4.69, 9.17) is 5.73 Å². The Morgan fingerprint density at radius 1 is 1.19 bits per heavy atom. The lowest BCUT2D eigenvalue weighted by Gasteiger charge is -2.03. The van der Waals surface area contributed by atoms with Crippen molar-refractivity contribution in [2.75, 3.05) is 6.54 Å². The molecule has 0 radical (unpaired) electrons. The third-order valence-electron chi connectivity index (χ3n) is 2.38. The SMILES string of the molecule is NC/C=C/c1cc2cc(Br)ccc2cc1O. The maximum atomic E-state index is 9.80. The number of benzene rings is 2. The van der Waals surface area contributed by atoms with Gasteiger partial charge in [0.1, 0.15) is 5.75 Å². The highest BCUT2D eigenvalue weighted by atomic mass is 79.9. The number of phenols is 1. The number of halogens is 1. The molecule has 0 aliphatic heterocycles. The van der Waals surface area contributed by atoms with Gasteiger partial charge in [-0.3, -0.25) is 0 Å². The van der Waals surface area contributed by atoms with Gasteiger partial charge in [0.05, 0.1) is 0 Å². The van der Waals surface area contributed by atoms with Crippen LogP contribution in [0, 0.1) is 0 Å². The van der Waals surface area contributed by atoms with Gasteiger partial charge in [0, 0.05) is 16.6 Å². The number of hydrogen-bond acceptors (Lipinski definition) is 2. The molecule has 0 spiro atoms. The number of phenolic OH excluding ortho intramolecular Hbond substituents is 1. The predicted molar refractivity (Wildman–Crippen MR) is 71.4 cm³/mol. The van der Waals surface area contributed by atoms with Crippen LogP contribution in [0.3, 0.4) is 0 Å². The van der Waals surface area contributed by atoms with Crippen LogP contribution in [-0.4, -0.2) is 11.7 Å². The van der Waals surface area contributed by atoms with Crippen molar-refractivity contribution in [2.45, 2.75) is 0 Å². The Labute approximate surface area is 103 Å². The van der Waals surface area contributed by atoms with Crippen LogP contribution < -0.4 is 5.73 Å². The van der Waals surface area contributed by atoms with Gasteiger partial charge in [0.25, 0.3) is 0 Å². The number of rotatable bonds is 2. The minimum atomic E-state index is 0.277. The average Bonchev–Trinajstić information content (AvgIpc) is 2.27. The second-order valence-corrected chi connectivity index (χ2v) is 4.46. The highest BCUT2D eigenvalue weighted by Crippen LogP contribution is 2.28. The average molecular weight is 278 g/mol. The van der Waals surface area contributed by atoms with E-state index in [2.05, 4.69) is 15.9 Å². The predicted octanol–water partition coefficient (Wildman–Crippen LogP) is 3.28. The van der Waals surface area contributed by atoms with E-state index >= 15 is 0 Å². The lowest BCUT2D eigenvalue weighted by atomic mass is 10.1. The first-order valence-corrected chi connectivity index (χ1v) is 5.79. The topological polar surface area (TPSA) is 46.2 Å². The van der Waals surface area contributed by atoms with Crippen LogP contribution in [0.5, 0.6) is 5.75 Å². The van der Waals surface area contributed by atoms with Crippen molar-refractivity contribution in [3.05, 3.63) is 46.4 Å². The van der Waals surface area contributed by atoms with Crippen LogP contribution in [0.25, 0.3) is 16.8 Å². The van der Waals surface area contributed by atoms with Gasteiger partial charge in [-0.05, 0) is 35.0 Å². The molecule has 3 heteroatoms. The van der Waals surface area contributed by atoms with Crippen LogP contribution in [-0.2, 0) is 0 Å². The van der Waals surface area contributed by atoms with Gasteiger partial charge in [0.2, 0.25) is 0 Å². The molecule has 0 unspecified atom stereocenters. The monoisotopic (exact) mass is 277 g/mol. The smallest absolute Gasteiger partial charge is 0.123 e. The van der Waals surface area contributed by atoms with E-state index in [0.29, 0.717) is 6.54 Å². The fourth-order valence-electron chi connectivity index (χ4n) is 1.60. The van der Waals surface area contributed by atoms with E-state index in [9.17, 15) is 5.11 Å². The molecule has 0 aromatic heterocycles. The Kier molecular flexibility index (Phi) is 3.27. The molecule has 82 valence electrons. The third kappa shape index (κ3) is 2.26. The van der Waals surface area contributed by atoms with Gasteiger partial charge in [-0.15, -0.1) is 0 Å². The van der Waals surface area contributed by atoms with E-state index in [1.165, 1.54) is 0 Å². The molecular weight excluding hydrogens is 266 g/mol. The summed E-state index contributed by atoms with van der Waals surface area (Å²) in [7, 11) is 0. The van der Waals surface area contributed by atoms with E-state index in [0.717, 1.165) is 20.8 Å². The molecule has 0 saturated heterocycles. The zero-order valence-corrected chi connectivity index (χ0v) is 10.2. The summed E-state index contributed by atoms with van der Waals surface area (Å²) in [5.41, 5.74) is 6.18. The highest BCUT2D eigenvalue weighted by molar-refractivity contribution is 9.10. The summed E-state index contributed by atoms with van der Waals surface area (Å²) < 4.78 is 1.03. The summed E-state index contributed by atoms with van der Waals surface area (Å²) in [6, 6.07) is 9.65. The van der Waals surface area contributed by atoms with Crippen molar-refractivity contribution in [1.29, 1.82) is 0 Å². The molecule has 2 rings (SSSR count). The molecule has 3 N–H and O–H groups in total. The molecule has 2 aromatic carbocycles. The Balaban J connectivity index is 2.59. The molecule has 0 saturated carbocycles. The summed E-state index contributed by atoms with van der Waals surface area (Å²) >= 11 is 3.43. The molecule has 2 aromatic rings. The number of aromatic hydroxyl groups is 1. The van der Waals surface area contributed by atoms with Gasteiger partial charge in [-0.1, -0.05) is 34.1 Å². The Hall–Kier alpha value is -1.32. The van der Waals surface area contributed by atoms with Gasteiger partial charge in [0.15, 0.2) is 0 Å².